The molecule has 0 aliphatic carbocycles. The summed E-state index contributed by atoms with van der Waals surface area (Å²) in [6, 6.07) is 6.38. The van der Waals surface area contributed by atoms with Gasteiger partial charge in [0, 0.05) is 11.1 Å². The minimum Gasteiger partial charge on any atom is -0.497 e. The maximum atomic E-state index is 5.24. The normalized spacial score (nSPS) is 12.4. The van der Waals surface area contributed by atoms with Gasteiger partial charge in [0.25, 0.3) is 0 Å². The summed E-state index contributed by atoms with van der Waals surface area (Å²) < 4.78 is 5.24. The van der Waals surface area contributed by atoms with Crippen LogP contribution < -0.4 is 10.1 Å². The van der Waals surface area contributed by atoms with Crippen molar-refractivity contribution in [2.45, 2.75) is 19.9 Å². The maximum Gasteiger partial charge on any atom is 0.119 e. The van der Waals surface area contributed by atoms with Crippen molar-refractivity contribution in [3.05, 3.63) is 45.4 Å². The van der Waals surface area contributed by atoms with Gasteiger partial charge >= 0.3 is 0 Å². The Bertz CT molecular complexity index is 536. The van der Waals surface area contributed by atoms with Crippen LogP contribution >= 0.6 is 11.3 Å². The largest absolute Gasteiger partial charge is 0.497 e. The first-order valence-electron chi connectivity index (χ1n) is 5.90. The number of ether oxygens (including phenoxy) is 1. The molecule has 4 heteroatoms. The molecule has 0 saturated heterocycles. The summed E-state index contributed by atoms with van der Waals surface area (Å²) in [6.07, 6.45) is 1.95. The van der Waals surface area contributed by atoms with Crippen LogP contribution in [0.25, 0.3) is 0 Å². The fraction of sp³-hybridized carbons (Fsp3) is 0.357. The molecule has 2 rings (SSSR count). The second kappa shape index (κ2) is 5.50. The number of benzene rings is 1. The first-order valence-corrected chi connectivity index (χ1v) is 6.71. The number of hydrogen-bond acceptors (Lipinski definition) is 4. The Morgan fingerprint density at radius 2 is 2.11 bits per heavy atom. The van der Waals surface area contributed by atoms with E-state index in [2.05, 4.69) is 29.4 Å². The Morgan fingerprint density at radius 1 is 1.33 bits per heavy atom. The summed E-state index contributed by atoms with van der Waals surface area (Å²) in [5, 5.41) is 4.45. The van der Waals surface area contributed by atoms with Crippen molar-refractivity contribution in [3.63, 3.8) is 0 Å². The van der Waals surface area contributed by atoms with Crippen molar-refractivity contribution in [1.29, 1.82) is 0 Å². The Hall–Kier alpha value is -1.39. The summed E-state index contributed by atoms with van der Waals surface area (Å²) in [7, 11) is 3.67. The highest BCUT2D eigenvalue weighted by molar-refractivity contribution is 7.11. The van der Waals surface area contributed by atoms with E-state index in [1.165, 1.54) is 16.0 Å². The zero-order valence-electron chi connectivity index (χ0n) is 11.2. The number of nitrogens with zero attached hydrogens (tertiary/aromatic N) is 1. The molecule has 0 amide bonds. The van der Waals surface area contributed by atoms with E-state index in [1.807, 2.05) is 26.2 Å². The minimum atomic E-state index is 0.196. The van der Waals surface area contributed by atoms with Crippen LogP contribution in [0.1, 0.15) is 27.1 Å². The summed E-state index contributed by atoms with van der Waals surface area (Å²) in [6.45, 7) is 4.14. The first-order chi connectivity index (χ1) is 8.65. The third-order valence-corrected chi connectivity index (χ3v) is 3.98. The van der Waals surface area contributed by atoms with Crippen LogP contribution in [0.5, 0.6) is 5.75 Å². The second-order valence-electron chi connectivity index (χ2n) is 4.23. The van der Waals surface area contributed by atoms with E-state index >= 15 is 0 Å². The van der Waals surface area contributed by atoms with Gasteiger partial charge in [-0.1, -0.05) is 6.07 Å². The zero-order chi connectivity index (χ0) is 13.1. The van der Waals surface area contributed by atoms with Gasteiger partial charge in [-0.25, -0.2) is 4.98 Å². The Balaban J connectivity index is 2.39. The smallest absolute Gasteiger partial charge is 0.119 e. The van der Waals surface area contributed by atoms with Gasteiger partial charge in [-0.3, -0.25) is 0 Å². The zero-order valence-corrected chi connectivity index (χ0v) is 12.0. The number of hydrogen-bond donors (Lipinski definition) is 1. The van der Waals surface area contributed by atoms with Gasteiger partial charge in [-0.05, 0) is 44.2 Å². The number of nitrogens with one attached hydrogen (secondary N) is 1. The fourth-order valence-corrected chi connectivity index (χ4v) is 2.98. The fourth-order valence-electron chi connectivity index (χ4n) is 2.06. The molecule has 96 valence electrons. The van der Waals surface area contributed by atoms with Gasteiger partial charge in [-0.15, -0.1) is 11.3 Å². The SMILES string of the molecule is CNC(c1cnc(C)s1)c1ccc(OC)cc1C. The van der Waals surface area contributed by atoms with E-state index in [4.69, 9.17) is 4.74 Å². The molecule has 0 fully saturated rings. The lowest BCUT2D eigenvalue weighted by atomic mass is 10.0. The molecule has 2 aromatic rings. The Morgan fingerprint density at radius 3 is 2.61 bits per heavy atom. The number of rotatable bonds is 4. The molecule has 0 radical (unpaired) electrons. The van der Waals surface area contributed by atoms with Crippen molar-refractivity contribution in [3.8, 4) is 5.75 Å². The van der Waals surface area contributed by atoms with E-state index in [0.717, 1.165) is 10.8 Å². The summed E-state index contributed by atoms with van der Waals surface area (Å²) in [5.74, 6) is 0.895. The topological polar surface area (TPSA) is 34.2 Å². The number of aromatic nitrogens is 1. The second-order valence-corrected chi connectivity index (χ2v) is 5.49. The molecule has 1 heterocycles. The van der Waals surface area contributed by atoms with Crippen LogP contribution in [-0.2, 0) is 0 Å². The van der Waals surface area contributed by atoms with Crippen molar-refractivity contribution >= 4 is 11.3 Å². The molecule has 1 unspecified atom stereocenters. The van der Waals surface area contributed by atoms with Crippen LogP contribution in [0.15, 0.2) is 24.4 Å². The van der Waals surface area contributed by atoms with Gasteiger partial charge < -0.3 is 10.1 Å². The van der Waals surface area contributed by atoms with Gasteiger partial charge in [-0.2, -0.15) is 0 Å². The highest BCUT2D eigenvalue weighted by Crippen LogP contribution is 2.30. The van der Waals surface area contributed by atoms with E-state index in [-0.39, 0.29) is 6.04 Å². The van der Waals surface area contributed by atoms with Crippen LogP contribution in [0.2, 0.25) is 0 Å². The average Bonchev–Trinajstić information content (AvgIpc) is 2.78. The molecule has 0 bridgehead atoms. The molecule has 0 aliphatic heterocycles. The van der Waals surface area contributed by atoms with Crippen molar-refractivity contribution in [1.82, 2.24) is 10.3 Å². The van der Waals surface area contributed by atoms with Gasteiger partial charge in [0.05, 0.1) is 18.2 Å². The third kappa shape index (κ3) is 2.54. The molecular formula is C14H18N2OS. The van der Waals surface area contributed by atoms with Crippen LogP contribution in [0.4, 0.5) is 0 Å². The van der Waals surface area contributed by atoms with Crippen LogP contribution in [0.3, 0.4) is 0 Å². The summed E-state index contributed by atoms with van der Waals surface area (Å²) in [5.41, 5.74) is 2.49. The number of methoxy groups -OCH3 is 1. The highest BCUT2D eigenvalue weighted by atomic mass is 32.1. The molecular weight excluding hydrogens is 244 g/mol. The van der Waals surface area contributed by atoms with Crippen molar-refractivity contribution in [2.24, 2.45) is 0 Å². The lowest BCUT2D eigenvalue weighted by Gasteiger charge is -2.17. The monoisotopic (exact) mass is 262 g/mol. The van der Waals surface area contributed by atoms with Crippen molar-refractivity contribution < 1.29 is 4.74 Å². The molecule has 1 N–H and O–H groups in total. The third-order valence-electron chi connectivity index (χ3n) is 3.00. The number of thiazole rings is 1. The van der Waals surface area contributed by atoms with Crippen molar-refractivity contribution in [2.75, 3.05) is 14.2 Å². The molecule has 0 aliphatic rings. The lowest BCUT2D eigenvalue weighted by molar-refractivity contribution is 0.414. The Kier molecular flexibility index (Phi) is 3.99. The average molecular weight is 262 g/mol. The lowest BCUT2D eigenvalue weighted by Crippen LogP contribution is -2.17. The standard InChI is InChI=1S/C14H18N2OS/c1-9-7-11(17-4)5-6-12(9)14(15-3)13-8-16-10(2)18-13/h5-8,14-15H,1-4H3. The highest BCUT2D eigenvalue weighted by Gasteiger charge is 2.16. The quantitative estimate of drug-likeness (QED) is 0.919. The molecule has 1 atom stereocenters. The summed E-state index contributed by atoms with van der Waals surface area (Å²) in [4.78, 5) is 5.57. The Labute approximate surface area is 112 Å². The van der Waals surface area contributed by atoms with Gasteiger partial charge in [0.2, 0.25) is 0 Å². The van der Waals surface area contributed by atoms with Crippen LogP contribution in [0, 0.1) is 13.8 Å². The summed E-state index contributed by atoms with van der Waals surface area (Å²) >= 11 is 1.73. The van der Waals surface area contributed by atoms with E-state index in [9.17, 15) is 0 Å². The number of aryl methyl sites for hydroxylation is 2. The predicted octanol–water partition coefficient (Wildman–Crippen LogP) is 3.08. The molecule has 18 heavy (non-hydrogen) atoms. The maximum absolute atomic E-state index is 5.24. The molecule has 3 nitrogen and oxygen atoms in total. The van der Waals surface area contributed by atoms with Gasteiger partial charge in [0.1, 0.15) is 5.75 Å². The molecule has 1 aromatic heterocycles. The molecule has 0 saturated carbocycles. The minimum absolute atomic E-state index is 0.196. The van der Waals surface area contributed by atoms with Gasteiger partial charge in [0.15, 0.2) is 0 Å². The first kappa shape index (κ1) is 13.1. The molecule has 1 aromatic carbocycles. The predicted molar refractivity (Wildman–Crippen MR) is 75.5 cm³/mol. The van der Waals surface area contributed by atoms with E-state index in [0.29, 0.717) is 0 Å². The van der Waals surface area contributed by atoms with E-state index < -0.39 is 0 Å². The van der Waals surface area contributed by atoms with E-state index in [1.54, 1.807) is 18.4 Å². The van der Waals surface area contributed by atoms with Crippen LogP contribution in [-0.4, -0.2) is 19.1 Å². The molecule has 0 spiro atoms.